The number of ether oxygens (including phenoxy) is 1. The van der Waals surface area contributed by atoms with Crippen LogP contribution in [0.25, 0.3) is 0 Å². The molecule has 0 bridgehead atoms. The number of hydrogen-bond acceptors (Lipinski definition) is 5. The van der Waals surface area contributed by atoms with Crippen molar-refractivity contribution < 1.29 is 17.9 Å². The van der Waals surface area contributed by atoms with Gasteiger partial charge in [0.15, 0.2) is 0 Å². The van der Waals surface area contributed by atoms with Crippen LogP contribution in [0.2, 0.25) is 0 Å². The molecule has 0 aliphatic carbocycles. The third-order valence-corrected chi connectivity index (χ3v) is 5.72. The predicted octanol–water partition coefficient (Wildman–Crippen LogP) is 4.50. The largest absolute Gasteiger partial charge is 0.458 e. The van der Waals surface area contributed by atoms with Crippen LogP contribution >= 0.6 is 22.0 Å². The molecule has 0 fully saturated rings. The highest BCUT2D eigenvalue weighted by Crippen LogP contribution is 2.29. The van der Waals surface area contributed by atoms with E-state index in [0.717, 1.165) is 37.0 Å². The van der Waals surface area contributed by atoms with Gasteiger partial charge in [-0.3, -0.25) is 0 Å². The molecule has 1 aromatic rings. The number of esters is 1. The van der Waals surface area contributed by atoms with Crippen LogP contribution < -0.4 is 0 Å². The van der Waals surface area contributed by atoms with E-state index in [-0.39, 0.29) is 15.9 Å². The molecule has 0 radical (unpaired) electrons. The van der Waals surface area contributed by atoms with Crippen molar-refractivity contribution in [2.45, 2.75) is 63.9 Å². The Hall–Kier alpha value is -0.590. The van der Waals surface area contributed by atoms with E-state index in [2.05, 4.69) is 6.92 Å². The zero-order valence-electron chi connectivity index (χ0n) is 12.5. The summed E-state index contributed by atoms with van der Waals surface area (Å²) in [5, 5.41) is 0. The van der Waals surface area contributed by atoms with E-state index >= 15 is 0 Å². The molecule has 1 aromatic heterocycles. The highest BCUT2D eigenvalue weighted by atomic mass is 35.7. The van der Waals surface area contributed by atoms with Crippen molar-refractivity contribution in [1.82, 2.24) is 0 Å². The van der Waals surface area contributed by atoms with Crippen molar-refractivity contribution in [3.63, 3.8) is 0 Å². The molecule has 7 heteroatoms. The number of hydrogen-bond donors (Lipinski definition) is 0. The molecule has 4 nitrogen and oxygen atoms in total. The number of unbranched alkanes of at least 4 members (excludes halogenated alkanes) is 3. The molecular weight excluding hydrogens is 332 g/mol. The van der Waals surface area contributed by atoms with E-state index in [4.69, 9.17) is 15.4 Å². The molecule has 0 N–H and O–H groups in total. The number of halogens is 1. The zero-order chi connectivity index (χ0) is 16.0. The smallest absolute Gasteiger partial charge is 0.348 e. The molecule has 1 atom stereocenters. The van der Waals surface area contributed by atoms with Crippen molar-refractivity contribution in [2.75, 3.05) is 0 Å². The monoisotopic (exact) mass is 352 g/mol. The molecule has 0 aromatic carbocycles. The summed E-state index contributed by atoms with van der Waals surface area (Å²) in [5.74, 6) is -0.488. The van der Waals surface area contributed by atoms with Gasteiger partial charge in [0, 0.05) is 15.6 Å². The molecule has 0 aliphatic heterocycles. The third kappa shape index (κ3) is 5.96. The van der Waals surface area contributed by atoms with Gasteiger partial charge in [-0.1, -0.05) is 26.2 Å². The van der Waals surface area contributed by atoms with Crippen molar-refractivity contribution in [3.8, 4) is 0 Å². The Kier molecular flexibility index (Phi) is 7.16. The quantitative estimate of drug-likeness (QED) is 0.392. The van der Waals surface area contributed by atoms with E-state index < -0.39 is 15.0 Å². The minimum Gasteiger partial charge on any atom is -0.458 e. The van der Waals surface area contributed by atoms with Gasteiger partial charge in [-0.15, -0.1) is 11.3 Å². The second-order valence-electron chi connectivity index (χ2n) is 5.03. The van der Waals surface area contributed by atoms with Crippen LogP contribution in [0.5, 0.6) is 0 Å². The maximum atomic E-state index is 12.0. The Bertz CT molecular complexity index is 578. The number of rotatable bonds is 8. The van der Waals surface area contributed by atoms with Gasteiger partial charge in [-0.05, 0) is 32.8 Å². The molecule has 1 unspecified atom stereocenters. The van der Waals surface area contributed by atoms with Crippen molar-refractivity contribution in [1.29, 1.82) is 0 Å². The van der Waals surface area contributed by atoms with Gasteiger partial charge in [0.25, 0.3) is 9.05 Å². The molecule has 120 valence electrons. The summed E-state index contributed by atoms with van der Waals surface area (Å²) in [6.45, 7) is 5.61. The Morgan fingerprint density at radius 1 is 1.38 bits per heavy atom. The van der Waals surface area contributed by atoms with Crippen LogP contribution in [0.1, 0.15) is 60.5 Å². The Morgan fingerprint density at radius 3 is 2.57 bits per heavy atom. The van der Waals surface area contributed by atoms with Gasteiger partial charge in [-0.2, -0.15) is 0 Å². The Morgan fingerprint density at radius 2 is 2.05 bits per heavy atom. The lowest BCUT2D eigenvalue weighted by Crippen LogP contribution is -2.14. The van der Waals surface area contributed by atoms with Gasteiger partial charge >= 0.3 is 5.97 Å². The van der Waals surface area contributed by atoms with Gasteiger partial charge in [-0.25, -0.2) is 13.2 Å². The summed E-state index contributed by atoms with van der Waals surface area (Å²) in [6.07, 6.45) is 5.14. The standard InChI is InChI=1S/C14H21ClO4S2/c1-4-5-6-7-8-10(2)19-14(16)12-9-13(11(3)20-12)21(15,17)18/h9-10H,4-8H2,1-3H3. The summed E-state index contributed by atoms with van der Waals surface area (Å²) < 4.78 is 28.0. The molecule has 1 rings (SSSR count). The number of thiophene rings is 1. The molecule has 0 aliphatic rings. The van der Waals surface area contributed by atoms with Gasteiger partial charge < -0.3 is 4.74 Å². The van der Waals surface area contributed by atoms with Crippen LogP contribution in [-0.2, 0) is 13.8 Å². The molecular formula is C14H21ClO4S2. The van der Waals surface area contributed by atoms with E-state index in [1.165, 1.54) is 12.5 Å². The van der Waals surface area contributed by atoms with Crippen LogP contribution in [-0.4, -0.2) is 20.5 Å². The zero-order valence-corrected chi connectivity index (χ0v) is 14.9. The molecule has 0 spiro atoms. The second-order valence-corrected chi connectivity index (χ2v) is 8.82. The first-order valence-corrected chi connectivity index (χ1v) is 10.1. The fourth-order valence-electron chi connectivity index (χ4n) is 1.97. The molecule has 21 heavy (non-hydrogen) atoms. The van der Waals surface area contributed by atoms with E-state index in [1.807, 2.05) is 6.92 Å². The van der Waals surface area contributed by atoms with Crippen LogP contribution in [0.3, 0.4) is 0 Å². The van der Waals surface area contributed by atoms with Gasteiger partial charge in [0.1, 0.15) is 4.88 Å². The topological polar surface area (TPSA) is 60.4 Å². The highest BCUT2D eigenvalue weighted by molar-refractivity contribution is 8.13. The average molecular weight is 353 g/mol. The average Bonchev–Trinajstić information content (AvgIpc) is 2.77. The molecule has 0 amide bonds. The van der Waals surface area contributed by atoms with Crippen LogP contribution in [0, 0.1) is 6.92 Å². The lowest BCUT2D eigenvalue weighted by molar-refractivity contribution is 0.0325. The number of carbonyl (C=O) groups is 1. The predicted molar refractivity (Wildman–Crippen MR) is 85.7 cm³/mol. The summed E-state index contributed by atoms with van der Waals surface area (Å²) in [6, 6.07) is 1.29. The van der Waals surface area contributed by atoms with Gasteiger partial charge in [0.05, 0.1) is 11.0 Å². The van der Waals surface area contributed by atoms with Crippen LogP contribution in [0.15, 0.2) is 11.0 Å². The molecule has 0 saturated heterocycles. The minimum absolute atomic E-state index is 0.0169. The summed E-state index contributed by atoms with van der Waals surface area (Å²) in [4.78, 5) is 12.7. The van der Waals surface area contributed by atoms with E-state index in [1.54, 1.807) is 6.92 Å². The van der Waals surface area contributed by atoms with E-state index in [0.29, 0.717) is 4.88 Å². The Labute approximate surface area is 134 Å². The van der Waals surface area contributed by atoms with Crippen LogP contribution in [0.4, 0.5) is 0 Å². The first kappa shape index (κ1) is 18.5. The Balaban J connectivity index is 2.60. The maximum Gasteiger partial charge on any atom is 0.348 e. The van der Waals surface area contributed by atoms with Crippen molar-refractivity contribution in [3.05, 3.63) is 15.8 Å². The molecule has 0 saturated carbocycles. The SMILES string of the molecule is CCCCCCC(C)OC(=O)c1cc(S(=O)(=O)Cl)c(C)s1. The van der Waals surface area contributed by atoms with E-state index in [9.17, 15) is 13.2 Å². The van der Waals surface area contributed by atoms with Gasteiger partial charge in [0.2, 0.25) is 0 Å². The maximum absolute atomic E-state index is 12.0. The summed E-state index contributed by atoms with van der Waals surface area (Å²) in [5.41, 5.74) is 0. The molecule has 1 heterocycles. The number of aryl methyl sites for hydroxylation is 1. The van der Waals surface area contributed by atoms with Crippen molar-refractivity contribution >= 4 is 37.0 Å². The van der Waals surface area contributed by atoms with Crippen molar-refractivity contribution in [2.24, 2.45) is 0 Å². The highest BCUT2D eigenvalue weighted by Gasteiger charge is 2.22. The first-order valence-electron chi connectivity index (χ1n) is 7.01. The lowest BCUT2D eigenvalue weighted by atomic mass is 10.1. The third-order valence-electron chi connectivity index (χ3n) is 3.11. The second kappa shape index (κ2) is 8.15. The number of carbonyl (C=O) groups excluding carboxylic acids is 1. The first-order chi connectivity index (χ1) is 9.75. The normalized spacial score (nSPS) is 13.1. The lowest BCUT2D eigenvalue weighted by Gasteiger charge is -2.12. The fourth-order valence-corrected chi connectivity index (χ4v) is 4.51. The fraction of sp³-hybridized carbons (Fsp3) is 0.643. The minimum atomic E-state index is -3.82. The summed E-state index contributed by atoms with van der Waals surface area (Å²) >= 11 is 1.09. The summed E-state index contributed by atoms with van der Waals surface area (Å²) in [7, 11) is 1.49.